The lowest BCUT2D eigenvalue weighted by Gasteiger charge is -2.06. The molecule has 0 unspecified atom stereocenters. The van der Waals surface area contributed by atoms with E-state index in [0.717, 1.165) is 11.3 Å². The second-order valence-electron chi connectivity index (χ2n) is 4.67. The van der Waals surface area contributed by atoms with Gasteiger partial charge in [-0.25, -0.2) is 0 Å². The maximum atomic E-state index is 11.8. The van der Waals surface area contributed by atoms with Crippen LogP contribution in [0.1, 0.15) is 12.2 Å². The van der Waals surface area contributed by atoms with E-state index in [2.05, 4.69) is 28.1 Å². The van der Waals surface area contributed by atoms with Crippen LogP contribution < -0.4 is 5.32 Å². The van der Waals surface area contributed by atoms with E-state index >= 15 is 0 Å². The molecule has 3 rings (SSSR count). The predicted molar refractivity (Wildman–Crippen MR) is 77.1 cm³/mol. The Labute approximate surface area is 117 Å². The van der Waals surface area contributed by atoms with E-state index in [4.69, 9.17) is 4.42 Å². The SMILES string of the molecule is O=C(CCn1ccc2ccccc21)NCc1ccco1. The maximum absolute atomic E-state index is 11.8. The minimum absolute atomic E-state index is 0.0270. The summed E-state index contributed by atoms with van der Waals surface area (Å²) >= 11 is 0. The monoisotopic (exact) mass is 268 g/mol. The fourth-order valence-corrected chi connectivity index (χ4v) is 2.24. The molecule has 0 bridgehead atoms. The Morgan fingerprint density at radius 1 is 1.15 bits per heavy atom. The van der Waals surface area contributed by atoms with Crippen molar-refractivity contribution in [2.45, 2.75) is 19.5 Å². The molecule has 1 amide bonds. The summed E-state index contributed by atoms with van der Waals surface area (Å²) in [6.45, 7) is 1.12. The molecule has 0 fully saturated rings. The van der Waals surface area contributed by atoms with Crippen molar-refractivity contribution in [2.75, 3.05) is 0 Å². The summed E-state index contributed by atoms with van der Waals surface area (Å²) < 4.78 is 7.27. The summed E-state index contributed by atoms with van der Waals surface area (Å²) in [5.74, 6) is 0.795. The third kappa shape index (κ3) is 2.74. The van der Waals surface area contributed by atoms with Gasteiger partial charge in [-0.05, 0) is 29.7 Å². The molecule has 2 heterocycles. The van der Waals surface area contributed by atoms with Crippen LogP contribution >= 0.6 is 0 Å². The average Bonchev–Trinajstić information content (AvgIpc) is 3.12. The first-order valence-corrected chi connectivity index (χ1v) is 6.66. The molecule has 4 heteroatoms. The Balaban J connectivity index is 1.55. The van der Waals surface area contributed by atoms with Crippen molar-refractivity contribution < 1.29 is 9.21 Å². The van der Waals surface area contributed by atoms with Gasteiger partial charge < -0.3 is 14.3 Å². The zero-order chi connectivity index (χ0) is 13.8. The smallest absolute Gasteiger partial charge is 0.222 e. The molecule has 0 atom stereocenters. The highest BCUT2D eigenvalue weighted by molar-refractivity contribution is 5.80. The van der Waals surface area contributed by atoms with Gasteiger partial charge in [0.15, 0.2) is 0 Å². The molecule has 0 aliphatic carbocycles. The lowest BCUT2D eigenvalue weighted by Crippen LogP contribution is -2.23. The van der Waals surface area contributed by atoms with E-state index in [-0.39, 0.29) is 5.91 Å². The van der Waals surface area contributed by atoms with Gasteiger partial charge in [0.1, 0.15) is 5.76 Å². The minimum atomic E-state index is 0.0270. The first kappa shape index (κ1) is 12.5. The summed E-state index contributed by atoms with van der Waals surface area (Å²) in [6, 6.07) is 13.9. The molecule has 0 aliphatic rings. The Hall–Kier alpha value is -2.49. The molecule has 4 nitrogen and oxygen atoms in total. The van der Waals surface area contributed by atoms with Gasteiger partial charge >= 0.3 is 0 Å². The van der Waals surface area contributed by atoms with Gasteiger partial charge in [0.2, 0.25) is 5.91 Å². The van der Waals surface area contributed by atoms with Gasteiger partial charge in [-0.3, -0.25) is 4.79 Å². The summed E-state index contributed by atoms with van der Waals surface area (Å²) in [5.41, 5.74) is 1.16. The van der Waals surface area contributed by atoms with E-state index < -0.39 is 0 Å². The number of hydrogen-bond donors (Lipinski definition) is 1. The average molecular weight is 268 g/mol. The van der Waals surface area contributed by atoms with Gasteiger partial charge in [0.05, 0.1) is 12.8 Å². The highest BCUT2D eigenvalue weighted by Crippen LogP contribution is 2.15. The molecule has 3 aromatic rings. The number of rotatable bonds is 5. The largest absolute Gasteiger partial charge is 0.467 e. The summed E-state index contributed by atoms with van der Waals surface area (Å²) in [5, 5.41) is 4.05. The van der Waals surface area contributed by atoms with Crippen LogP contribution in [-0.2, 0) is 17.9 Å². The number of fused-ring (bicyclic) bond motifs is 1. The molecule has 0 saturated heterocycles. The van der Waals surface area contributed by atoms with Gasteiger partial charge in [-0.15, -0.1) is 0 Å². The Morgan fingerprint density at radius 2 is 2.05 bits per heavy atom. The molecule has 0 spiro atoms. The molecule has 1 aromatic carbocycles. The van der Waals surface area contributed by atoms with Crippen LogP contribution in [0.15, 0.2) is 59.3 Å². The normalized spacial score (nSPS) is 10.8. The molecule has 2 aromatic heterocycles. The van der Waals surface area contributed by atoms with E-state index in [1.165, 1.54) is 5.39 Å². The number of para-hydroxylation sites is 1. The molecule has 102 valence electrons. The van der Waals surface area contributed by atoms with Crippen molar-refractivity contribution in [3.8, 4) is 0 Å². The van der Waals surface area contributed by atoms with Crippen molar-refractivity contribution in [1.82, 2.24) is 9.88 Å². The minimum Gasteiger partial charge on any atom is -0.467 e. The van der Waals surface area contributed by atoms with Gasteiger partial charge in [0, 0.05) is 24.7 Å². The summed E-state index contributed by atoms with van der Waals surface area (Å²) in [7, 11) is 0. The van der Waals surface area contributed by atoms with Crippen LogP contribution in [0.5, 0.6) is 0 Å². The van der Waals surface area contributed by atoms with Crippen LogP contribution in [-0.4, -0.2) is 10.5 Å². The van der Waals surface area contributed by atoms with E-state index in [9.17, 15) is 4.79 Å². The Kier molecular flexibility index (Phi) is 3.54. The van der Waals surface area contributed by atoms with Crippen molar-refractivity contribution in [2.24, 2.45) is 0 Å². The lowest BCUT2D eigenvalue weighted by molar-refractivity contribution is -0.121. The molecule has 0 radical (unpaired) electrons. The maximum Gasteiger partial charge on any atom is 0.222 e. The number of carbonyl (C=O) groups is 1. The number of amides is 1. The third-order valence-corrected chi connectivity index (χ3v) is 3.30. The lowest BCUT2D eigenvalue weighted by atomic mass is 10.2. The van der Waals surface area contributed by atoms with Gasteiger partial charge in [0.25, 0.3) is 0 Å². The van der Waals surface area contributed by atoms with Gasteiger partial charge in [-0.1, -0.05) is 18.2 Å². The number of nitrogens with one attached hydrogen (secondary N) is 1. The molecule has 0 saturated carbocycles. The zero-order valence-corrected chi connectivity index (χ0v) is 11.1. The molecule has 0 aliphatic heterocycles. The first-order valence-electron chi connectivity index (χ1n) is 6.66. The number of furan rings is 1. The topological polar surface area (TPSA) is 47.2 Å². The Bertz CT molecular complexity index is 698. The Morgan fingerprint density at radius 3 is 2.90 bits per heavy atom. The van der Waals surface area contributed by atoms with Crippen molar-refractivity contribution >= 4 is 16.8 Å². The van der Waals surface area contributed by atoms with Crippen LogP contribution in [0.2, 0.25) is 0 Å². The standard InChI is InChI=1S/C16H16N2O2/c19-16(17-12-14-5-3-11-20-14)8-10-18-9-7-13-4-1-2-6-15(13)18/h1-7,9,11H,8,10,12H2,(H,17,19). The molecule has 1 N–H and O–H groups in total. The van der Waals surface area contributed by atoms with Crippen molar-refractivity contribution in [1.29, 1.82) is 0 Å². The highest BCUT2D eigenvalue weighted by Gasteiger charge is 2.05. The molecular formula is C16H16N2O2. The van der Waals surface area contributed by atoms with Crippen LogP contribution in [0.4, 0.5) is 0 Å². The first-order chi connectivity index (χ1) is 9.83. The quantitative estimate of drug-likeness (QED) is 0.773. The van der Waals surface area contributed by atoms with Crippen LogP contribution in [0.3, 0.4) is 0 Å². The second-order valence-corrected chi connectivity index (χ2v) is 4.67. The van der Waals surface area contributed by atoms with Crippen molar-refractivity contribution in [3.05, 3.63) is 60.7 Å². The number of carbonyl (C=O) groups excluding carboxylic acids is 1. The second kappa shape index (κ2) is 5.65. The number of benzene rings is 1. The van der Waals surface area contributed by atoms with E-state index in [1.54, 1.807) is 6.26 Å². The fourth-order valence-electron chi connectivity index (χ4n) is 2.24. The number of nitrogens with zero attached hydrogens (tertiary/aromatic N) is 1. The molecular weight excluding hydrogens is 252 g/mol. The van der Waals surface area contributed by atoms with Gasteiger partial charge in [-0.2, -0.15) is 0 Å². The highest BCUT2D eigenvalue weighted by atomic mass is 16.3. The van der Waals surface area contributed by atoms with E-state index in [1.807, 2.05) is 30.5 Å². The third-order valence-electron chi connectivity index (χ3n) is 3.30. The predicted octanol–water partition coefficient (Wildman–Crippen LogP) is 2.94. The number of aryl methyl sites for hydroxylation is 1. The molecule has 20 heavy (non-hydrogen) atoms. The van der Waals surface area contributed by atoms with Crippen molar-refractivity contribution in [3.63, 3.8) is 0 Å². The number of aromatic nitrogens is 1. The van der Waals surface area contributed by atoms with Crippen LogP contribution in [0.25, 0.3) is 10.9 Å². The fraction of sp³-hybridized carbons (Fsp3) is 0.188. The summed E-state index contributed by atoms with van der Waals surface area (Å²) in [4.78, 5) is 11.8. The number of hydrogen-bond acceptors (Lipinski definition) is 2. The van der Waals surface area contributed by atoms with Crippen LogP contribution in [0, 0.1) is 0 Å². The zero-order valence-electron chi connectivity index (χ0n) is 11.1. The van der Waals surface area contributed by atoms with E-state index in [0.29, 0.717) is 19.5 Å². The summed E-state index contributed by atoms with van der Waals surface area (Å²) in [6.07, 6.45) is 4.08.